The van der Waals surface area contributed by atoms with Crippen LogP contribution in [0.3, 0.4) is 0 Å². The largest absolute Gasteiger partial charge is 0.332 e. The number of rotatable bonds is 4. The van der Waals surface area contributed by atoms with Gasteiger partial charge in [-0.2, -0.15) is 4.98 Å². The average Bonchev–Trinajstić information content (AvgIpc) is 3.08. The topological polar surface area (TPSA) is 65.1 Å². The third kappa shape index (κ3) is 2.85. The Balaban J connectivity index is 1.94. The fourth-order valence-corrected chi connectivity index (χ4v) is 3.95. The molecule has 28 heavy (non-hydrogen) atoms. The first-order chi connectivity index (χ1) is 13.4. The van der Waals surface area contributed by atoms with E-state index in [0.717, 1.165) is 37.1 Å². The van der Waals surface area contributed by atoms with Gasteiger partial charge in [0.1, 0.15) is 0 Å². The van der Waals surface area contributed by atoms with Gasteiger partial charge in [-0.25, -0.2) is 4.79 Å². The van der Waals surface area contributed by atoms with Crippen LogP contribution < -0.4 is 16.1 Å². The summed E-state index contributed by atoms with van der Waals surface area (Å²) in [5, 5.41) is 0.694. The molecule has 8 heteroatoms. The molecule has 0 N–H and O–H groups in total. The second-order valence-electron chi connectivity index (χ2n) is 7.33. The van der Waals surface area contributed by atoms with Crippen molar-refractivity contribution >= 4 is 34.4 Å². The summed E-state index contributed by atoms with van der Waals surface area (Å²) in [4.78, 5) is 32.6. The number of hydrogen-bond acceptors (Lipinski definition) is 4. The van der Waals surface area contributed by atoms with Gasteiger partial charge in [-0.3, -0.25) is 13.9 Å². The molecule has 0 spiro atoms. The van der Waals surface area contributed by atoms with Gasteiger partial charge in [-0.1, -0.05) is 31.0 Å². The molecule has 0 saturated carbocycles. The molecule has 1 aliphatic rings. The lowest BCUT2D eigenvalue weighted by molar-refractivity contribution is 0.560. The van der Waals surface area contributed by atoms with E-state index < -0.39 is 0 Å². The summed E-state index contributed by atoms with van der Waals surface area (Å²) < 4.78 is 4.76. The van der Waals surface area contributed by atoms with Crippen LogP contribution in [0.15, 0.2) is 27.8 Å². The number of hydrogen-bond donors (Lipinski definition) is 0. The summed E-state index contributed by atoms with van der Waals surface area (Å²) in [5.74, 6) is 0.682. The molecule has 0 aliphatic carbocycles. The summed E-state index contributed by atoms with van der Waals surface area (Å²) in [6.07, 6.45) is 2.58. The van der Waals surface area contributed by atoms with E-state index >= 15 is 0 Å². The van der Waals surface area contributed by atoms with E-state index in [2.05, 4.69) is 4.90 Å². The first-order valence-electron chi connectivity index (χ1n) is 9.67. The van der Waals surface area contributed by atoms with Gasteiger partial charge in [0.25, 0.3) is 5.56 Å². The van der Waals surface area contributed by atoms with Crippen LogP contribution in [0, 0.1) is 6.92 Å². The number of aromatic nitrogens is 4. The lowest BCUT2D eigenvalue weighted by Crippen LogP contribution is -2.40. The number of nitrogens with zero attached hydrogens (tertiary/aromatic N) is 5. The monoisotopic (exact) mass is 401 g/mol. The molecule has 0 bridgehead atoms. The van der Waals surface area contributed by atoms with Crippen molar-refractivity contribution in [1.29, 1.82) is 0 Å². The number of anilines is 2. The molecule has 4 rings (SSSR count). The van der Waals surface area contributed by atoms with Gasteiger partial charge in [0.2, 0.25) is 5.95 Å². The number of halogens is 1. The van der Waals surface area contributed by atoms with Gasteiger partial charge < -0.3 is 9.47 Å². The Labute approximate surface area is 167 Å². The molecule has 0 atom stereocenters. The number of unbranched alkanes of at least 4 members (excludes halogenated alkanes) is 1. The minimum Gasteiger partial charge on any atom is -0.312 e. The van der Waals surface area contributed by atoms with Crippen LogP contribution in [-0.4, -0.2) is 25.2 Å². The molecule has 1 aromatic carbocycles. The second-order valence-corrected chi connectivity index (χ2v) is 7.73. The van der Waals surface area contributed by atoms with Crippen LogP contribution in [0.1, 0.15) is 31.7 Å². The summed E-state index contributed by atoms with van der Waals surface area (Å²) >= 11 is 6.33. The van der Waals surface area contributed by atoms with E-state index in [1.54, 1.807) is 7.05 Å². The van der Waals surface area contributed by atoms with Crippen molar-refractivity contribution in [2.75, 3.05) is 11.4 Å². The number of fused-ring (bicyclic) bond motifs is 3. The summed E-state index contributed by atoms with van der Waals surface area (Å²) in [7, 11) is 1.68. The van der Waals surface area contributed by atoms with E-state index in [1.807, 2.05) is 36.6 Å². The maximum atomic E-state index is 13.1. The number of benzene rings is 1. The van der Waals surface area contributed by atoms with Crippen LogP contribution in [0.2, 0.25) is 5.02 Å². The van der Waals surface area contributed by atoms with E-state index in [4.69, 9.17) is 16.6 Å². The van der Waals surface area contributed by atoms with Gasteiger partial charge in [0.15, 0.2) is 11.2 Å². The van der Waals surface area contributed by atoms with Crippen molar-refractivity contribution in [3.8, 4) is 0 Å². The zero-order chi connectivity index (χ0) is 20.0. The second kappa shape index (κ2) is 7.13. The standard InChI is InChI=1S/C20H24ClN5O2/c1-4-5-9-26-18(27)16-17(23(3)20(26)28)22-19-24(10-6-11-25(16)19)14-8-7-13(2)15(21)12-14/h7-8,12H,4-6,9-11H2,1-3H3. The van der Waals surface area contributed by atoms with Crippen molar-refractivity contribution in [2.24, 2.45) is 7.05 Å². The van der Waals surface area contributed by atoms with Gasteiger partial charge in [0.05, 0.1) is 0 Å². The first-order valence-corrected chi connectivity index (χ1v) is 10.1. The molecule has 0 saturated heterocycles. The fraction of sp³-hybridized carbons (Fsp3) is 0.450. The first kappa shape index (κ1) is 18.8. The molecule has 0 radical (unpaired) electrons. The molecule has 3 aromatic rings. The Morgan fingerprint density at radius 2 is 2.00 bits per heavy atom. The molecule has 1 aliphatic heterocycles. The number of aryl methyl sites for hydroxylation is 3. The van der Waals surface area contributed by atoms with Gasteiger partial charge in [-0.05, 0) is 37.5 Å². The predicted molar refractivity (Wildman–Crippen MR) is 112 cm³/mol. The average molecular weight is 402 g/mol. The van der Waals surface area contributed by atoms with Crippen molar-refractivity contribution < 1.29 is 0 Å². The molecule has 2 aromatic heterocycles. The normalized spacial score (nSPS) is 13.9. The molecular weight excluding hydrogens is 378 g/mol. The number of imidazole rings is 1. The van der Waals surface area contributed by atoms with E-state index in [9.17, 15) is 9.59 Å². The van der Waals surface area contributed by atoms with Crippen molar-refractivity contribution in [3.05, 3.63) is 49.6 Å². The van der Waals surface area contributed by atoms with Crippen LogP contribution >= 0.6 is 11.6 Å². The van der Waals surface area contributed by atoms with E-state index in [0.29, 0.717) is 35.2 Å². The van der Waals surface area contributed by atoms with Crippen LogP contribution in [-0.2, 0) is 20.1 Å². The Hall–Kier alpha value is -2.54. The SMILES string of the molecule is CCCCn1c(=O)c2c(nc3n2CCCN3c2ccc(C)c(Cl)c2)n(C)c1=O. The summed E-state index contributed by atoms with van der Waals surface area (Å²) in [5.41, 5.74) is 2.31. The third-order valence-electron chi connectivity index (χ3n) is 5.42. The van der Waals surface area contributed by atoms with Gasteiger partial charge in [0, 0.05) is 37.4 Å². The Morgan fingerprint density at radius 1 is 1.21 bits per heavy atom. The minimum atomic E-state index is -0.314. The van der Waals surface area contributed by atoms with Crippen LogP contribution in [0.4, 0.5) is 11.6 Å². The molecule has 3 heterocycles. The highest BCUT2D eigenvalue weighted by Crippen LogP contribution is 2.33. The fourth-order valence-electron chi connectivity index (χ4n) is 3.77. The van der Waals surface area contributed by atoms with E-state index in [-0.39, 0.29) is 11.2 Å². The highest BCUT2D eigenvalue weighted by Gasteiger charge is 2.27. The highest BCUT2D eigenvalue weighted by atomic mass is 35.5. The zero-order valence-electron chi connectivity index (χ0n) is 16.4. The molecule has 0 amide bonds. The lowest BCUT2D eigenvalue weighted by Gasteiger charge is -2.29. The molecular formula is C20H24ClN5O2. The maximum Gasteiger partial charge on any atom is 0.332 e. The van der Waals surface area contributed by atoms with Crippen LogP contribution in [0.5, 0.6) is 0 Å². The Bertz CT molecular complexity index is 1170. The third-order valence-corrected chi connectivity index (χ3v) is 5.83. The predicted octanol–water partition coefficient (Wildman–Crippen LogP) is 3.20. The van der Waals surface area contributed by atoms with Crippen molar-refractivity contribution in [3.63, 3.8) is 0 Å². The zero-order valence-corrected chi connectivity index (χ0v) is 17.2. The van der Waals surface area contributed by atoms with Crippen molar-refractivity contribution in [2.45, 2.75) is 46.2 Å². The van der Waals surface area contributed by atoms with Gasteiger partial charge in [-0.15, -0.1) is 0 Å². The summed E-state index contributed by atoms with van der Waals surface area (Å²) in [6, 6.07) is 5.91. The molecule has 148 valence electrons. The van der Waals surface area contributed by atoms with Crippen LogP contribution in [0.25, 0.3) is 11.2 Å². The van der Waals surface area contributed by atoms with E-state index in [1.165, 1.54) is 9.13 Å². The quantitative estimate of drug-likeness (QED) is 0.673. The smallest absolute Gasteiger partial charge is 0.312 e. The highest BCUT2D eigenvalue weighted by molar-refractivity contribution is 6.31. The lowest BCUT2D eigenvalue weighted by atomic mass is 10.2. The summed E-state index contributed by atoms with van der Waals surface area (Å²) in [6.45, 7) is 5.91. The Morgan fingerprint density at radius 3 is 2.71 bits per heavy atom. The Kier molecular flexibility index (Phi) is 4.79. The van der Waals surface area contributed by atoms with Gasteiger partial charge >= 0.3 is 5.69 Å². The van der Waals surface area contributed by atoms with Crippen molar-refractivity contribution in [1.82, 2.24) is 18.7 Å². The molecule has 0 unspecified atom stereocenters. The molecule has 0 fully saturated rings. The minimum absolute atomic E-state index is 0.255. The maximum absolute atomic E-state index is 13.1. The molecule has 7 nitrogen and oxygen atoms in total.